The number of benzene rings is 1. The molecule has 2 aromatic heterocycles. The Bertz CT molecular complexity index is 1290. The lowest BCUT2D eigenvalue weighted by Gasteiger charge is -2.29. The number of morpholine rings is 1. The normalized spacial score (nSPS) is 20.2. The topological polar surface area (TPSA) is 125 Å². The summed E-state index contributed by atoms with van der Waals surface area (Å²) in [7, 11) is 0. The summed E-state index contributed by atoms with van der Waals surface area (Å²) in [6, 6.07) is 8.16. The zero-order valence-electron chi connectivity index (χ0n) is 20.1. The fourth-order valence-electron chi connectivity index (χ4n) is 4.87. The van der Waals surface area contributed by atoms with Crippen molar-refractivity contribution >= 4 is 28.4 Å². The van der Waals surface area contributed by atoms with Crippen LogP contribution < -0.4 is 20.7 Å². The van der Waals surface area contributed by atoms with E-state index in [2.05, 4.69) is 20.3 Å². The van der Waals surface area contributed by atoms with Crippen LogP contribution in [0.3, 0.4) is 0 Å². The summed E-state index contributed by atoms with van der Waals surface area (Å²) in [4.78, 5) is 30.9. The first-order valence-electron chi connectivity index (χ1n) is 12.3. The zero-order valence-corrected chi connectivity index (χ0v) is 20.1. The van der Waals surface area contributed by atoms with Gasteiger partial charge in [-0.25, -0.2) is 9.67 Å². The first-order valence-corrected chi connectivity index (χ1v) is 12.3. The third-order valence-corrected chi connectivity index (χ3v) is 6.79. The molecule has 196 valence electrons. The molecule has 0 radical (unpaired) electrons. The molecular weight excluding hydrogens is 486 g/mol. The Morgan fingerprint density at radius 1 is 1.14 bits per heavy atom. The van der Waals surface area contributed by atoms with Gasteiger partial charge in [0.05, 0.1) is 18.7 Å². The van der Waals surface area contributed by atoms with Crippen molar-refractivity contribution in [1.82, 2.24) is 20.1 Å². The number of pyridine rings is 1. The van der Waals surface area contributed by atoms with Crippen LogP contribution in [0, 0.1) is 0 Å². The number of halogens is 2. The second kappa shape index (κ2) is 10.7. The van der Waals surface area contributed by atoms with E-state index in [0.29, 0.717) is 62.1 Å². The van der Waals surface area contributed by atoms with Gasteiger partial charge in [0.15, 0.2) is 5.69 Å². The number of hydrogen-bond donors (Lipinski definition) is 2. The van der Waals surface area contributed by atoms with E-state index in [1.54, 1.807) is 24.3 Å². The highest BCUT2D eigenvalue weighted by Crippen LogP contribution is 2.29. The predicted molar refractivity (Wildman–Crippen MR) is 131 cm³/mol. The number of primary amides is 1. The Morgan fingerprint density at radius 2 is 1.89 bits per heavy atom. The number of alkyl halides is 2. The van der Waals surface area contributed by atoms with Gasteiger partial charge >= 0.3 is 6.55 Å². The number of aromatic nitrogens is 3. The van der Waals surface area contributed by atoms with Gasteiger partial charge in [0, 0.05) is 36.4 Å². The molecule has 5 rings (SSSR count). The van der Waals surface area contributed by atoms with Crippen molar-refractivity contribution in [2.24, 2.45) is 5.73 Å². The Morgan fingerprint density at radius 3 is 2.59 bits per heavy atom. The Kier molecular flexibility index (Phi) is 7.17. The van der Waals surface area contributed by atoms with E-state index < -0.39 is 18.4 Å². The average Bonchev–Trinajstić information content (AvgIpc) is 3.30. The molecule has 0 atom stereocenters. The van der Waals surface area contributed by atoms with E-state index in [9.17, 15) is 18.4 Å². The van der Waals surface area contributed by atoms with Gasteiger partial charge in [-0.3, -0.25) is 9.59 Å². The molecule has 2 fully saturated rings. The van der Waals surface area contributed by atoms with Crippen LogP contribution in [0.15, 0.2) is 36.5 Å². The number of hydrogen-bond acceptors (Lipinski definition) is 7. The molecule has 37 heavy (non-hydrogen) atoms. The quantitative estimate of drug-likeness (QED) is 0.497. The third-order valence-electron chi connectivity index (χ3n) is 6.79. The van der Waals surface area contributed by atoms with Gasteiger partial charge in [0.1, 0.15) is 11.7 Å². The zero-order chi connectivity index (χ0) is 25.9. The fourth-order valence-corrected chi connectivity index (χ4v) is 4.87. The largest absolute Gasteiger partial charge is 0.474 e. The molecule has 1 saturated heterocycles. The molecule has 12 heteroatoms. The van der Waals surface area contributed by atoms with Crippen molar-refractivity contribution in [2.75, 3.05) is 31.2 Å². The van der Waals surface area contributed by atoms with Crippen molar-refractivity contribution < 1.29 is 27.8 Å². The minimum Gasteiger partial charge on any atom is -0.474 e. The van der Waals surface area contributed by atoms with Gasteiger partial charge in [-0.15, -0.1) is 0 Å². The van der Waals surface area contributed by atoms with Gasteiger partial charge in [0.2, 0.25) is 5.88 Å². The fraction of sp³-hybridized carbons (Fsp3) is 0.440. The Balaban J connectivity index is 1.26. The van der Waals surface area contributed by atoms with E-state index >= 15 is 0 Å². The monoisotopic (exact) mass is 514 g/mol. The molecule has 1 aliphatic heterocycles. The van der Waals surface area contributed by atoms with Crippen molar-refractivity contribution in [3.8, 4) is 5.88 Å². The van der Waals surface area contributed by atoms with E-state index in [0.717, 1.165) is 5.69 Å². The molecule has 1 aromatic carbocycles. The maximum Gasteiger partial charge on any atom is 0.333 e. The summed E-state index contributed by atoms with van der Waals surface area (Å²) in [5.74, 6) is -0.909. The SMILES string of the molecule is NC(=O)c1cccnc1OC1CCC(NC(=O)c2nn(C(F)F)c3cc(N4CCOCC4)ccc23)CC1. The number of anilines is 1. The summed E-state index contributed by atoms with van der Waals surface area (Å²) >= 11 is 0. The van der Waals surface area contributed by atoms with Crippen LogP contribution in [-0.4, -0.2) is 65.0 Å². The first-order chi connectivity index (χ1) is 17.9. The number of nitrogens with one attached hydrogen (secondary N) is 1. The number of fused-ring (bicyclic) bond motifs is 1. The molecule has 1 saturated carbocycles. The highest BCUT2D eigenvalue weighted by atomic mass is 19.3. The number of amides is 2. The highest BCUT2D eigenvalue weighted by Gasteiger charge is 2.28. The lowest BCUT2D eigenvalue weighted by Crippen LogP contribution is -2.40. The van der Waals surface area contributed by atoms with Gasteiger partial charge < -0.3 is 25.4 Å². The first kappa shape index (κ1) is 24.9. The number of carbonyl (C=O) groups excluding carboxylic acids is 2. The van der Waals surface area contributed by atoms with Crippen LogP contribution in [0.4, 0.5) is 14.5 Å². The summed E-state index contributed by atoms with van der Waals surface area (Å²) in [6.45, 7) is -0.410. The molecule has 0 unspecified atom stereocenters. The summed E-state index contributed by atoms with van der Waals surface area (Å²) < 4.78 is 39.5. The molecule has 3 heterocycles. The smallest absolute Gasteiger partial charge is 0.333 e. The summed E-state index contributed by atoms with van der Waals surface area (Å²) in [5.41, 5.74) is 6.58. The number of nitrogens with two attached hydrogens (primary N) is 1. The van der Waals surface area contributed by atoms with E-state index in [-0.39, 0.29) is 34.8 Å². The molecule has 2 amide bonds. The van der Waals surface area contributed by atoms with Crippen LogP contribution in [-0.2, 0) is 4.74 Å². The number of rotatable bonds is 7. The number of nitrogens with zero attached hydrogens (tertiary/aromatic N) is 4. The Hall–Kier alpha value is -3.80. The van der Waals surface area contributed by atoms with Crippen LogP contribution in [0.1, 0.15) is 53.1 Å². The van der Waals surface area contributed by atoms with Crippen LogP contribution in [0.2, 0.25) is 0 Å². The molecule has 3 aromatic rings. The summed E-state index contributed by atoms with van der Waals surface area (Å²) in [6.07, 6.45) is 3.82. The van der Waals surface area contributed by atoms with E-state index in [4.69, 9.17) is 15.2 Å². The lowest BCUT2D eigenvalue weighted by molar-refractivity contribution is 0.0605. The van der Waals surface area contributed by atoms with E-state index in [1.807, 2.05) is 6.07 Å². The molecular formula is C25H28F2N6O4. The van der Waals surface area contributed by atoms with Gasteiger partial charge in [-0.05, 0) is 56.0 Å². The van der Waals surface area contributed by atoms with Crippen LogP contribution in [0.5, 0.6) is 5.88 Å². The maximum absolute atomic E-state index is 13.8. The van der Waals surface area contributed by atoms with Crippen molar-refractivity contribution in [3.63, 3.8) is 0 Å². The van der Waals surface area contributed by atoms with Crippen LogP contribution >= 0.6 is 0 Å². The Labute approximate surface area is 211 Å². The minimum absolute atomic E-state index is 0.0261. The minimum atomic E-state index is -2.88. The third kappa shape index (κ3) is 5.33. The molecule has 2 aliphatic rings. The number of ether oxygens (including phenoxy) is 2. The second-order valence-corrected chi connectivity index (χ2v) is 9.16. The van der Waals surface area contributed by atoms with Gasteiger partial charge in [0.25, 0.3) is 11.8 Å². The number of carbonyl (C=O) groups is 2. The van der Waals surface area contributed by atoms with Crippen LogP contribution in [0.25, 0.3) is 10.9 Å². The molecule has 10 nitrogen and oxygen atoms in total. The second-order valence-electron chi connectivity index (χ2n) is 9.16. The maximum atomic E-state index is 13.8. The average molecular weight is 515 g/mol. The standard InChI is InChI=1S/C25H28F2N6O4/c26-25(27)33-20-14-16(32-10-12-36-13-11-32)5-8-18(20)21(31-33)23(35)30-15-3-6-17(7-4-15)37-24-19(22(28)34)2-1-9-29-24/h1-2,5,8-9,14-15,17,25H,3-4,6-7,10-13H2,(H2,28,34)(H,30,35). The van der Waals surface area contributed by atoms with Crippen molar-refractivity contribution in [1.29, 1.82) is 0 Å². The summed E-state index contributed by atoms with van der Waals surface area (Å²) in [5, 5.41) is 7.29. The van der Waals surface area contributed by atoms with Crippen molar-refractivity contribution in [2.45, 2.75) is 44.4 Å². The van der Waals surface area contributed by atoms with Crippen molar-refractivity contribution in [3.05, 3.63) is 47.8 Å². The lowest BCUT2D eigenvalue weighted by atomic mass is 9.92. The highest BCUT2D eigenvalue weighted by molar-refractivity contribution is 6.05. The van der Waals surface area contributed by atoms with E-state index in [1.165, 1.54) is 6.20 Å². The van der Waals surface area contributed by atoms with Gasteiger partial charge in [-0.2, -0.15) is 13.9 Å². The molecule has 0 bridgehead atoms. The molecule has 3 N–H and O–H groups in total. The molecule has 1 aliphatic carbocycles. The van der Waals surface area contributed by atoms with Gasteiger partial charge in [-0.1, -0.05) is 0 Å². The predicted octanol–water partition coefficient (Wildman–Crippen LogP) is 2.88. The molecule has 0 spiro atoms.